The molecule has 0 amide bonds. The fourth-order valence-electron chi connectivity index (χ4n) is 2.37. The molecule has 1 aliphatic heterocycles. The summed E-state index contributed by atoms with van der Waals surface area (Å²) in [7, 11) is 1.58. The Morgan fingerprint density at radius 3 is 2.71 bits per heavy atom. The number of ketones is 1. The van der Waals surface area contributed by atoms with E-state index in [0.29, 0.717) is 27.1 Å². The van der Waals surface area contributed by atoms with Gasteiger partial charge in [-0.05, 0) is 30.3 Å². The summed E-state index contributed by atoms with van der Waals surface area (Å²) >= 11 is 12.2. The Kier molecular flexibility index (Phi) is 3.79. The second-order valence-electron chi connectivity index (χ2n) is 4.76. The smallest absolute Gasteiger partial charge is 0.170 e. The highest BCUT2D eigenvalue weighted by Crippen LogP contribution is 2.39. The van der Waals surface area contributed by atoms with Crippen molar-refractivity contribution in [2.24, 2.45) is 0 Å². The molecule has 0 saturated heterocycles. The van der Waals surface area contributed by atoms with E-state index >= 15 is 0 Å². The molecule has 0 bridgehead atoms. The molecular weight excluding hydrogens is 311 g/mol. The highest BCUT2D eigenvalue weighted by atomic mass is 35.5. The number of rotatable bonds is 2. The zero-order valence-electron chi connectivity index (χ0n) is 11.2. The molecule has 1 atom stereocenters. The molecule has 3 rings (SSSR count). The topological polar surface area (TPSA) is 35.5 Å². The summed E-state index contributed by atoms with van der Waals surface area (Å²) in [6.45, 7) is 0. The Bertz CT molecular complexity index is 713. The Labute approximate surface area is 132 Å². The van der Waals surface area contributed by atoms with Gasteiger partial charge in [-0.25, -0.2) is 0 Å². The molecule has 0 aliphatic carbocycles. The van der Waals surface area contributed by atoms with Crippen LogP contribution in [0.4, 0.5) is 0 Å². The average molecular weight is 323 g/mol. The molecule has 2 aromatic carbocycles. The third kappa shape index (κ3) is 2.71. The summed E-state index contributed by atoms with van der Waals surface area (Å²) in [5, 5.41) is 1.04. The van der Waals surface area contributed by atoms with Gasteiger partial charge in [-0.3, -0.25) is 4.79 Å². The Morgan fingerprint density at radius 2 is 2.00 bits per heavy atom. The average Bonchev–Trinajstić information content (AvgIpc) is 2.47. The number of carbonyl (C=O) groups excluding carboxylic acids is 1. The second kappa shape index (κ2) is 5.58. The lowest BCUT2D eigenvalue weighted by molar-refractivity contribution is 0.0850. The number of halogens is 2. The fourth-order valence-corrected chi connectivity index (χ4v) is 2.83. The van der Waals surface area contributed by atoms with Crippen molar-refractivity contribution < 1.29 is 14.3 Å². The highest BCUT2D eigenvalue weighted by molar-refractivity contribution is 6.31. The SMILES string of the molecule is COc1ccc(C2CC(=O)c3cc(Cl)ccc3O2)c(Cl)c1. The molecule has 3 nitrogen and oxygen atoms in total. The molecular formula is C16H12Cl2O3. The van der Waals surface area contributed by atoms with Crippen molar-refractivity contribution in [1.29, 1.82) is 0 Å². The van der Waals surface area contributed by atoms with Crippen LogP contribution in [0.2, 0.25) is 10.0 Å². The molecule has 0 saturated carbocycles. The second-order valence-corrected chi connectivity index (χ2v) is 5.61. The number of fused-ring (bicyclic) bond motifs is 1. The van der Waals surface area contributed by atoms with Crippen molar-refractivity contribution in [2.75, 3.05) is 7.11 Å². The van der Waals surface area contributed by atoms with Crippen LogP contribution in [0.5, 0.6) is 11.5 Å². The third-order valence-corrected chi connectivity index (χ3v) is 4.00. The maximum atomic E-state index is 12.2. The molecule has 0 spiro atoms. The minimum absolute atomic E-state index is 0.00404. The summed E-state index contributed by atoms with van der Waals surface area (Å²) in [5.74, 6) is 1.20. The van der Waals surface area contributed by atoms with Gasteiger partial charge in [-0.1, -0.05) is 29.3 Å². The molecule has 0 radical (unpaired) electrons. The number of hydrogen-bond donors (Lipinski definition) is 0. The van der Waals surface area contributed by atoms with E-state index in [-0.39, 0.29) is 12.2 Å². The first-order chi connectivity index (χ1) is 10.1. The Hall–Kier alpha value is -1.71. The zero-order valence-corrected chi connectivity index (χ0v) is 12.7. The van der Waals surface area contributed by atoms with Crippen molar-refractivity contribution in [3.05, 3.63) is 57.6 Å². The van der Waals surface area contributed by atoms with Crippen molar-refractivity contribution in [1.82, 2.24) is 0 Å². The maximum absolute atomic E-state index is 12.2. The molecule has 1 aliphatic rings. The summed E-state index contributed by atoms with van der Waals surface area (Å²) in [6, 6.07) is 10.4. The van der Waals surface area contributed by atoms with Crippen molar-refractivity contribution >= 4 is 29.0 Å². The first-order valence-corrected chi connectivity index (χ1v) is 7.17. The van der Waals surface area contributed by atoms with E-state index < -0.39 is 6.10 Å². The molecule has 21 heavy (non-hydrogen) atoms. The Balaban J connectivity index is 1.96. The van der Waals surface area contributed by atoms with Gasteiger partial charge in [0.05, 0.1) is 24.1 Å². The number of carbonyl (C=O) groups is 1. The lowest BCUT2D eigenvalue weighted by Crippen LogP contribution is -2.20. The van der Waals surface area contributed by atoms with Crippen molar-refractivity contribution in [3.8, 4) is 11.5 Å². The molecule has 108 valence electrons. The van der Waals surface area contributed by atoms with Gasteiger partial charge in [0.2, 0.25) is 0 Å². The van der Waals surface area contributed by atoms with Gasteiger partial charge in [-0.15, -0.1) is 0 Å². The Morgan fingerprint density at radius 1 is 1.19 bits per heavy atom. The van der Waals surface area contributed by atoms with E-state index in [1.54, 1.807) is 37.4 Å². The third-order valence-electron chi connectivity index (χ3n) is 3.44. The van der Waals surface area contributed by atoms with E-state index in [0.717, 1.165) is 5.56 Å². The zero-order chi connectivity index (χ0) is 15.0. The van der Waals surface area contributed by atoms with Gasteiger partial charge in [0, 0.05) is 10.6 Å². The minimum Gasteiger partial charge on any atom is -0.497 e. The molecule has 0 fully saturated rings. The van der Waals surface area contributed by atoms with Gasteiger partial charge >= 0.3 is 0 Å². The van der Waals surface area contributed by atoms with Crippen molar-refractivity contribution in [3.63, 3.8) is 0 Å². The molecule has 5 heteroatoms. The number of Topliss-reactive ketones (excluding diaryl/α,β-unsaturated/α-hetero) is 1. The predicted octanol–water partition coefficient (Wildman–Crippen LogP) is 4.71. The van der Waals surface area contributed by atoms with Gasteiger partial charge in [0.25, 0.3) is 0 Å². The predicted molar refractivity (Wildman–Crippen MR) is 81.8 cm³/mol. The summed E-state index contributed by atoms with van der Waals surface area (Å²) in [6.07, 6.45) is -0.163. The van der Waals surface area contributed by atoms with E-state index in [4.69, 9.17) is 32.7 Å². The number of hydrogen-bond acceptors (Lipinski definition) is 3. The minimum atomic E-state index is -0.399. The molecule has 2 aromatic rings. The largest absolute Gasteiger partial charge is 0.497 e. The van der Waals surface area contributed by atoms with Crippen LogP contribution >= 0.6 is 23.2 Å². The number of methoxy groups -OCH3 is 1. The van der Waals surface area contributed by atoms with Crippen molar-refractivity contribution in [2.45, 2.75) is 12.5 Å². The number of ether oxygens (including phenoxy) is 2. The lowest BCUT2D eigenvalue weighted by atomic mass is 9.96. The van der Waals surface area contributed by atoms with Crippen LogP contribution in [0.3, 0.4) is 0 Å². The van der Waals surface area contributed by atoms with Crippen LogP contribution in [0, 0.1) is 0 Å². The summed E-state index contributed by atoms with van der Waals surface area (Å²) < 4.78 is 11.0. The monoisotopic (exact) mass is 322 g/mol. The van der Waals surface area contributed by atoms with E-state index in [2.05, 4.69) is 0 Å². The quantitative estimate of drug-likeness (QED) is 0.803. The van der Waals surface area contributed by atoms with Gasteiger partial charge in [0.1, 0.15) is 17.6 Å². The van der Waals surface area contributed by atoms with E-state index in [1.807, 2.05) is 6.07 Å². The summed E-state index contributed by atoms with van der Waals surface area (Å²) in [4.78, 5) is 12.2. The van der Waals surface area contributed by atoms with Crippen LogP contribution in [0.15, 0.2) is 36.4 Å². The molecule has 1 heterocycles. The van der Waals surface area contributed by atoms with Crippen LogP contribution in [-0.4, -0.2) is 12.9 Å². The molecule has 1 unspecified atom stereocenters. The van der Waals surface area contributed by atoms with Crippen LogP contribution in [0.1, 0.15) is 28.4 Å². The van der Waals surface area contributed by atoms with Gasteiger partial charge in [0.15, 0.2) is 5.78 Å². The van der Waals surface area contributed by atoms with Gasteiger partial charge < -0.3 is 9.47 Å². The lowest BCUT2D eigenvalue weighted by Gasteiger charge is -2.26. The summed E-state index contributed by atoms with van der Waals surface area (Å²) in [5.41, 5.74) is 1.29. The number of benzene rings is 2. The normalized spacial score (nSPS) is 17.1. The standard InChI is InChI=1S/C16H12Cl2O3/c1-20-10-3-4-11(13(18)7-10)16-8-14(19)12-6-9(17)2-5-15(12)21-16/h2-7,16H,8H2,1H3. The van der Waals surface area contributed by atoms with Crippen LogP contribution in [0.25, 0.3) is 0 Å². The molecule has 0 aromatic heterocycles. The fraction of sp³-hybridized carbons (Fsp3) is 0.188. The van der Waals surface area contributed by atoms with E-state index in [1.165, 1.54) is 0 Å². The maximum Gasteiger partial charge on any atom is 0.170 e. The van der Waals surface area contributed by atoms with Crippen LogP contribution in [-0.2, 0) is 0 Å². The first-order valence-electron chi connectivity index (χ1n) is 6.41. The van der Waals surface area contributed by atoms with Gasteiger partial charge in [-0.2, -0.15) is 0 Å². The van der Waals surface area contributed by atoms with Crippen LogP contribution < -0.4 is 9.47 Å². The highest BCUT2D eigenvalue weighted by Gasteiger charge is 2.29. The molecule has 0 N–H and O–H groups in total. The van der Waals surface area contributed by atoms with E-state index in [9.17, 15) is 4.79 Å². The first kappa shape index (κ1) is 14.2.